The van der Waals surface area contributed by atoms with Gasteiger partial charge in [0.2, 0.25) is 23.6 Å². The van der Waals surface area contributed by atoms with E-state index in [1.807, 2.05) is 36.4 Å². The minimum Gasteiger partial charge on any atom is -0.504 e. The minimum absolute atomic E-state index is 0.114. The van der Waals surface area contributed by atoms with Crippen molar-refractivity contribution in [2.24, 2.45) is 23.7 Å². The highest BCUT2D eigenvalue weighted by atomic mass is 79.9. The first-order valence-corrected chi connectivity index (χ1v) is 18.2. The molecule has 5 aliphatic rings. The zero-order chi connectivity index (χ0) is 34.2. The Morgan fingerprint density at radius 3 is 2.37 bits per heavy atom. The van der Waals surface area contributed by atoms with E-state index < -0.39 is 46.8 Å². The third-order valence-corrected chi connectivity index (χ3v) is 12.4. The summed E-state index contributed by atoms with van der Waals surface area (Å²) in [6.45, 7) is 0. The largest absolute Gasteiger partial charge is 0.504 e. The number of fused-ring (bicyclic) bond motifs is 4. The molecule has 1 N–H and O–H groups in total. The van der Waals surface area contributed by atoms with Gasteiger partial charge in [-0.25, -0.2) is 4.90 Å². The number of aromatic hydroxyl groups is 1. The number of methoxy groups -OCH3 is 1. The van der Waals surface area contributed by atoms with Crippen molar-refractivity contribution in [3.63, 3.8) is 0 Å². The molecule has 0 aromatic heterocycles. The lowest BCUT2D eigenvalue weighted by molar-refractivity contribution is -0.143. The monoisotopic (exact) mass is 742 g/mol. The van der Waals surface area contributed by atoms with Crippen LogP contribution in [-0.2, 0) is 24.6 Å². The first kappa shape index (κ1) is 32.3. The van der Waals surface area contributed by atoms with Crippen LogP contribution in [-0.4, -0.2) is 46.8 Å². The Labute approximate surface area is 298 Å². The van der Waals surface area contributed by atoms with Crippen molar-refractivity contribution in [2.45, 2.75) is 62.3 Å². The lowest BCUT2D eigenvalue weighted by Gasteiger charge is -2.50. The predicted molar refractivity (Wildman–Crippen MR) is 187 cm³/mol. The van der Waals surface area contributed by atoms with Crippen LogP contribution in [0, 0.1) is 23.7 Å². The number of ether oxygens (including phenoxy) is 1. The molecule has 3 aromatic rings. The van der Waals surface area contributed by atoms with Gasteiger partial charge in [0.1, 0.15) is 0 Å². The average Bonchev–Trinajstić information content (AvgIpc) is 3.50. The Kier molecular flexibility index (Phi) is 7.99. The van der Waals surface area contributed by atoms with Crippen molar-refractivity contribution >= 4 is 56.8 Å². The number of anilines is 1. The van der Waals surface area contributed by atoms with Gasteiger partial charge in [0.15, 0.2) is 11.5 Å². The number of benzene rings is 3. The molecule has 3 aromatic carbocycles. The van der Waals surface area contributed by atoms with Gasteiger partial charge in [-0.3, -0.25) is 24.1 Å². The van der Waals surface area contributed by atoms with E-state index >= 15 is 4.79 Å². The second-order valence-electron chi connectivity index (χ2n) is 14.0. The van der Waals surface area contributed by atoms with E-state index in [1.54, 1.807) is 41.3 Å². The third-order valence-electron chi connectivity index (χ3n) is 11.7. The molecule has 2 aliphatic heterocycles. The topological polar surface area (TPSA) is 104 Å². The molecule has 0 bridgehead atoms. The van der Waals surface area contributed by atoms with Gasteiger partial charge >= 0.3 is 0 Å². The molecular formula is C39H36BrClN2O6. The summed E-state index contributed by atoms with van der Waals surface area (Å²) in [5.41, 5.74) is 0.688. The van der Waals surface area contributed by atoms with E-state index in [-0.39, 0.29) is 35.8 Å². The van der Waals surface area contributed by atoms with Crippen molar-refractivity contribution in [1.29, 1.82) is 0 Å². The maximum Gasteiger partial charge on any atom is 0.246 e. The highest BCUT2D eigenvalue weighted by Crippen LogP contribution is 2.66. The Bertz CT molecular complexity index is 1930. The van der Waals surface area contributed by atoms with Gasteiger partial charge in [0, 0.05) is 27.0 Å². The van der Waals surface area contributed by atoms with E-state index in [2.05, 4.69) is 15.9 Å². The summed E-state index contributed by atoms with van der Waals surface area (Å²) in [4.78, 5) is 61.6. The number of amides is 4. The zero-order valence-electron chi connectivity index (χ0n) is 27.0. The molecule has 2 heterocycles. The van der Waals surface area contributed by atoms with Gasteiger partial charge in [-0.1, -0.05) is 94.8 Å². The van der Waals surface area contributed by atoms with Gasteiger partial charge in [0.25, 0.3) is 0 Å². The fourth-order valence-electron chi connectivity index (χ4n) is 9.78. The molecule has 4 fully saturated rings. The first-order chi connectivity index (χ1) is 23.7. The molecule has 252 valence electrons. The number of hydrogen-bond acceptors (Lipinski definition) is 6. The molecule has 8 nitrogen and oxygen atoms in total. The summed E-state index contributed by atoms with van der Waals surface area (Å²) in [5.74, 6) is -4.55. The van der Waals surface area contributed by atoms with Crippen LogP contribution < -0.4 is 9.64 Å². The number of carbonyl (C=O) groups is 4. The van der Waals surface area contributed by atoms with Gasteiger partial charge in [-0.2, -0.15) is 0 Å². The molecule has 6 unspecified atom stereocenters. The van der Waals surface area contributed by atoms with Crippen LogP contribution in [0.15, 0.2) is 82.9 Å². The molecule has 6 atom stereocenters. The molecule has 2 saturated heterocycles. The van der Waals surface area contributed by atoms with Crippen LogP contribution in [0.1, 0.15) is 62.0 Å². The Balaban J connectivity index is 1.37. The molecular weight excluding hydrogens is 708 g/mol. The van der Waals surface area contributed by atoms with E-state index in [9.17, 15) is 19.5 Å². The number of phenols is 1. The Morgan fingerprint density at radius 2 is 1.65 bits per heavy atom. The Hall–Kier alpha value is -3.95. The summed E-state index contributed by atoms with van der Waals surface area (Å²) in [5, 5.41) is 12.3. The number of likely N-dealkylation sites (tertiary alicyclic amines) is 1. The van der Waals surface area contributed by atoms with E-state index in [1.165, 1.54) is 12.0 Å². The molecule has 2 saturated carbocycles. The molecule has 8 rings (SSSR count). The molecule has 0 spiro atoms. The predicted octanol–water partition coefficient (Wildman–Crippen LogP) is 7.31. The number of nitrogens with zero attached hydrogens (tertiary/aromatic N) is 2. The maximum absolute atomic E-state index is 15.4. The Morgan fingerprint density at radius 1 is 0.898 bits per heavy atom. The first-order valence-electron chi connectivity index (χ1n) is 17.0. The lowest BCUT2D eigenvalue weighted by atomic mass is 9.49. The molecule has 0 radical (unpaired) electrons. The van der Waals surface area contributed by atoms with Gasteiger partial charge in [0.05, 0.1) is 36.0 Å². The summed E-state index contributed by atoms with van der Waals surface area (Å²) in [6, 6.07) is 19.3. The number of halogens is 2. The molecule has 10 heteroatoms. The van der Waals surface area contributed by atoms with Crippen LogP contribution in [0.4, 0.5) is 5.69 Å². The summed E-state index contributed by atoms with van der Waals surface area (Å²) in [6.07, 6.45) is 7.21. The lowest BCUT2D eigenvalue weighted by Crippen LogP contribution is -2.53. The standard InChI is InChI=1S/C39H36BrClN2O6/c1-49-31-18-22(40)17-29(34(31)44)33-26-15-16-27-32(37(47)42(35(27)45)24-12-6-3-7-13-24)28(26)20-30-36(46)43(25-14-8-11-23(41)19-25)38(48)39(30,33)21-9-4-2-5-10-21/h2,4-5,8-11,14-15,17-19,24,27-28,30,32-33,44H,3,6-7,12-13,16,20H2,1H3. The van der Waals surface area contributed by atoms with E-state index in [0.29, 0.717) is 32.7 Å². The van der Waals surface area contributed by atoms with Crippen LogP contribution in [0.3, 0.4) is 0 Å². The number of allylic oxidation sites excluding steroid dienone is 2. The second-order valence-corrected chi connectivity index (χ2v) is 15.3. The second kappa shape index (κ2) is 12.1. The normalized spacial score (nSPS) is 29.9. The quantitative estimate of drug-likeness (QED) is 0.217. The van der Waals surface area contributed by atoms with Crippen LogP contribution in [0.5, 0.6) is 11.5 Å². The smallest absolute Gasteiger partial charge is 0.246 e. The van der Waals surface area contributed by atoms with Crippen molar-refractivity contribution in [2.75, 3.05) is 12.0 Å². The van der Waals surface area contributed by atoms with Crippen molar-refractivity contribution in [3.8, 4) is 11.5 Å². The fraction of sp³-hybridized carbons (Fsp3) is 0.385. The van der Waals surface area contributed by atoms with E-state index in [0.717, 1.165) is 37.7 Å². The average molecular weight is 744 g/mol. The summed E-state index contributed by atoms with van der Waals surface area (Å²) in [7, 11) is 1.46. The van der Waals surface area contributed by atoms with Crippen LogP contribution >= 0.6 is 27.5 Å². The van der Waals surface area contributed by atoms with Crippen molar-refractivity contribution in [3.05, 3.63) is 99.0 Å². The molecule has 3 aliphatic carbocycles. The minimum atomic E-state index is -1.49. The maximum atomic E-state index is 15.4. The van der Waals surface area contributed by atoms with Gasteiger partial charge in [-0.15, -0.1) is 0 Å². The number of rotatable bonds is 5. The molecule has 4 amide bonds. The third kappa shape index (κ3) is 4.68. The number of phenolic OH excluding ortho intramolecular Hbond substituents is 1. The molecule has 49 heavy (non-hydrogen) atoms. The summed E-state index contributed by atoms with van der Waals surface area (Å²) < 4.78 is 6.21. The zero-order valence-corrected chi connectivity index (χ0v) is 29.3. The highest BCUT2D eigenvalue weighted by molar-refractivity contribution is 9.10. The summed E-state index contributed by atoms with van der Waals surface area (Å²) >= 11 is 10.00. The van der Waals surface area contributed by atoms with Crippen LogP contribution in [0.2, 0.25) is 5.02 Å². The van der Waals surface area contributed by atoms with Crippen molar-refractivity contribution in [1.82, 2.24) is 4.90 Å². The fourth-order valence-corrected chi connectivity index (χ4v) is 10.4. The van der Waals surface area contributed by atoms with Gasteiger partial charge in [-0.05, 0) is 67.5 Å². The SMILES string of the molecule is COc1cc(Br)cc(C2C3=CCC4C(=O)N(C5CCCCC5)C(=O)C4C3CC3C(=O)N(c4cccc(Cl)c4)C(=O)C32c2ccccc2)c1O. The van der Waals surface area contributed by atoms with Crippen LogP contribution in [0.25, 0.3) is 0 Å². The van der Waals surface area contributed by atoms with Gasteiger partial charge < -0.3 is 9.84 Å². The number of imide groups is 2. The highest BCUT2D eigenvalue weighted by Gasteiger charge is 2.70. The number of carbonyl (C=O) groups excluding carboxylic acids is 4. The number of hydrogen-bond donors (Lipinski definition) is 1. The van der Waals surface area contributed by atoms with Crippen molar-refractivity contribution < 1.29 is 29.0 Å². The van der Waals surface area contributed by atoms with E-state index in [4.69, 9.17) is 16.3 Å².